The molecule has 0 radical (unpaired) electrons. The zero-order chi connectivity index (χ0) is 18.9. The van der Waals surface area contributed by atoms with E-state index in [0.717, 1.165) is 5.56 Å². The molecule has 2 aromatic carbocycles. The number of halogens is 1. The number of hydrogen-bond acceptors (Lipinski definition) is 5. The molecule has 0 aromatic heterocycles. The van der Waals surface area contributed by atoms with E-state index in [4.69, 9.17) is 25.8 Å². The number of ether oxygens (including phenoxy) is 3. The number of methoxy groups -OCH3 is 2. The molecule has 1 amide bonds. The van der Waals surface area contributed by atoms with Gasteiger partial charge in [0.05, 0.1) is 19.8 Å². The van der Waals surface area contributed by atoms with Crippen LogP contribution < -0.4 is 14.8 Å². The zero-order valence-electron chi connectivity index (χ0n) is 14.6. The van der Waals surface area contributed by atoms with Crippen molar-refractivity contribution in [1.82, 2.24) is 5.32 Å². The van der Waals surface area contributed by atoms with Gasteiger partial charge in [-0.1, -0.05) is 17.7 Å². The van der Waals surface area contributed by atoms with Crippen molar-refractivity contribution in [2.75, 3.05) is 27.4 Å². The second kappa shape index (κ2) is 9.68. The van der Waals surface area contributed by atoms with E-state index < -0.39 is 5.97 Å². The molecule has 6 nitrogen and oxygen atoms in total. The Morgan fingerprint density at radius 2 is 1.69 bits per heavy atom. The topological polar surface area (TPSA) is 73.9 Å². The molecule has 138 valence electrons. The van der Waals surface area contributed by atoms with Crippen LogP contribution in [0.5, 0.6) is 11.5 Å². The summed E-state index contributed by atoms with van der Waals surface area (Å²) in [5.74, 6) is 0.340. The highest BCUT2D eigenvalue weighted by atomic mass is 35.5. The van der Waals surface area contributed by atoms with Crippen LogP contribution >= 0.6 is 11.6 Å². The van der Waals surface area contributed by atoms with Gasteiger partial charge in [0.1, 0.15) is 0 Å². The Labute approximate surface area is 157 Å². The van der Waals surface area contributed by atoms with Crippen molar-refractivity contribution in [2.45, 2.75) is 6.42 Å². The van der Waals surface area contributed by atoms with Crippen LogP contribution in [-0.4, -0.2) is 39.2 Å². The lowest BCUT2D eigenvalue weighted by atomic mass is 10.1. The summed E-state index contributed by atoms with van der Waals surface area (Å²) in [6, 6.07) is 11.8. The van der Waals surface area contributed by atoms with Gasteiger partial charge in [0.25, 0.3) is 5.91 Å². The van der Waals surface area contributed by atoms with Crippen LogP contribution in [0.4, 0.5) is 0 Å². The van der Waals surface area contributed by atoms with Crippen LogP contribution in [-0.2, 0) is 16.0 Å². The van der Waals surface area contributed by atoms with Crippen LogP contribution in [0.1, 0.15) is 15.9 Å². The van der Waals surface area contributed by atoms with E-state index in [2.05, 4.69) is 5.32 Å². The van der Waals surface area contributed by atoms with Crippen molar-refractivity contribution in [3.63, 3.8) is 0 Å². The molecule has 0 saturated carbocycles. The largest absolute Gasteiger partial charge is 0.493 e. The summed E-state index contributed by atoms with van der Waals surface area (Å²) in [5.41, 5.74) is 1.33. The Bertz CT molecular complexity index is 761. The summed E-state index contributed by atoms with van der Waals surface area (Å²) in [7, 11) is 3.14. The number of hydrogen-bond donors (Lipinski definition) is 1. The molecule has 0 heterocycles. The molecule has 0 spiro atoms. The summed E-state index contributed by atoms with van der Waals surface area (Å²) >= 11 is 5.76. The van der Waals surface area contributed by atoms with Gasteiger partial charge >= 0.3 is 5.97 Å². The fraction of sp³-hybridized carbons (Fsp3) is 0.263. The maximum Gasteiger partial charge on any atom is 0.338 e. The Kier molecular flexibility index (Phi) is 7.29. The van der Waals surface area contributed by atoms with E-state index >= 15 is 0 Å². The van der Waals surface area contributed by atoms with Crippen molar-refractivity contribution in [3.8, 4) is 11.5 Å². The first-order valence-electron chi connectivity index (χ1n) is 7.93. The Balaban J connectivity index is 1.75. The average Bonchev–Trinajstić information content (AvgIpc) is 2.66. The maximum absolute atomic E-state index is 11.8. The first-order valence-corrected chi connectivity index (χ1v) is 8.31. The van der Waals surface area contributed by atoms with Crippen LogP contribution in [0.25, 0.3) is 0 Å². The van der Waals surface area contributed by atoms with E-state index in [9.17, 15) is 9.59 Å². The fourth-order valence-corrected chi connectivity index (χ4v) is 2.36. The highest BCUT2D eigenvalue weighted by Gasteiger charge is 2.10. The Morgan fingerprint density at radius 3 is 2.35 bits per heavy atom. The molecule has 2 rings (SSSR count). The minimum Gasteiger partial charge on any atom is -0.493 e. The molecule has 1 N–H and O–H groups in total. The lowest BCUT2D eigenvalue weighted by Crippen LogP contribution is -2.30. The van der Waals surface area contributed by atoms with Gasteiger partial charge in [-0.25, -0.2) is 4.79 Å². The van der Waals surface area contributed by atoms with E-state index in [1.807, 2.05) is 18.2 Å². The molecular formula is C19H20ClNO5. The molecule has 0 bridgehead atoms. The monoisotopic (exact) mass is 377 g/mol. The molecule has 0 aliphatic carbocycles. The molecular weight excluding hydrogens is 358 g/mol. The van der Waals surface area contributed by atoms with Gasteiger partial charge in [0.2, 0.25) is 0 Å². The second-order valence-electron chi connectivity index (χ2n) is 5.37. The third-order valence-electron chi connectivity index (χ3n) is 3.60. The van der Waals surface area contributed by atoms with Crippen molar-refractivity contribution in [1.29, 1.82) is 0 Å². The quantitative estimate of drug-likeness (QED) is 0.716. The molecule has 0 aliphatic rings. The number of nitrogens with one attached hydrogen (secondary N) is 1. The number of carbonyl (C=O) groups excluding carboxylic acids is 2. The highest BCUT2D eigenvalue weighted by Crippen LogP contribution is 2.27. The number of rotatable bonds is 8. The van der Waals surface area contributed by atoms with E-state index in [-0.39, 0.29) is 12.5 Å². The van der Waals surface area contributed by atoms with Gasteiger partial charge < -0.3 is 19.5 Å². The minimum atomic E-state index is -0.572. The molecule has 7 heteroatoms. The molecule has 0 saturated heterocycles. The van der Waals surface area contributed by atoms with Gasteiger partial charge in [-0.2, -0.15) is 0 Å². The predicted octanol–water partition coefficient (Wildman–Crippen LogP) is 2.87. The Morgan fingerprint density at radius 1 is 1.00 bits per heavy atom. The third-order valence-corrected chi connectivity index (χ3v) is 3.85. The van der Waals surface area contributed by atoms with Gasteiger partial charge in [0.15, 0.2) is 18.1 Å². The van der Waals surface area contributed by atoms with Gasteiger partial charge in [-0.05, 0) is 48.4 Å². The van der Waals surface area contributed by atoms with Crippen molar-refractivity contribution < 1.29 is 23.8 Å². The van der Waals surface area contributed by atoms with Gasteiger partial charge in [-0.15, -0.1) is 0 Å². The standard InChI is InChI=1S/C19H20ClNO5/c1-24-16-8-3-13(11-17(16)25-2)9-10-21-18(22)12-26-19(23)14-4-6-15(20)7-5-14/h3-8,11H,9-10,12H2,1-2H3,(H,21,22). The normalized spacial score (nSPS) is 10.1. The molecule has 0 atom stereocenters. The lowest BCUT2D eigenvalue weighted by molar-refractivity contribution is -0.124. The maximum atomic E-state index is 11.8. The summed E-state index contributed by atoms with van der Waals surface area (Å²) in [6.45, 7) is 0.0696. The highest BCUT2D eigenvalue weighted by molar-refractivity contribution is 6.30. The molecule has 0 unspecified atom stereocenters. The van der Waals surface area contributed by atoms with Gasteiger partial charge in [-0.3, -0.25) is 4.79 Å². The first-order chi connectivity index (χ1) is 12.5. The molecule has 26 heavy (non-hydrogen) atoms. The van der Waals surface area contributed by atoms with Crippen LogP contribution in [0, 0.1) is 0 Å². The summed E-state index contributed by atoms with van der Waals surface area (Å²) < 4.78 is 15.4. The van der Waals surface area contributed by atoms with Crippen LogP contribution in [0.15, 0.2) is 42.5 Å². The smallest absolute Gasteiger partial charge is 0.338 e. The molecule has 2 aromatic rings. The summed E-state index contributed by atoms with van der Waals surface area (Å²) in [6.07, 6.45) is 0.608. The Hall–Kier alpha value is -2.73. The van der Waals surface area contributed by atoms with Crippen LogP contribution in [0.3, 0.4) is 0 Å². The third kappa shape index (κ3) is 5.67. The van der Waals surface area contributed by atoms with Crippen molar-refractivity contribution >= 4 is 23.5 Å². The summed E-state index contributed by atoms with van der Waals surface area (Å²) in [5, 5.41) is 3.23. The van der Waals surface area contributed by atoms with Crippen molar-refractivity contribution in [3.05, 3.63) is 58.6 Å². The fourth-order valence-electron chi connectivity index (χ4n) is 2.23. The molecule has 0 aliphatic heterocycles. The van der Waals surface area contributed by atoms with Crippen molar-refractivity contribution in [2.24, 2.45) is 0 Å². The SMILES string of the molecule is COc1ccc(CCNC(=O)COC(=O)c2ccc(Cl)cc2)cc1OC. The second-order valence-corrected chi connectivity index (χ2v) is 5.81. The van der Waals surface area contributed by atoms with Gasteiger partial charge in [0, 0.05) is 11.6 Å². The number of amides is 1. The predicted molar refractivity (Wildman–Crippen MR) is 98.0 cm³/mol. The zero-order valence-corrected chi connectivity index (χ0v) is 15.3. The number of carbonyl (C=O) groups is 2. The average molecular weight is 378 g/mol. The van der Waals surface area contributed by atoms with Crippen LogP contribution in [0.2, 0.25) is 5.02 Å². The van der Waals surface area contributed by atoms with E-state index in [0.29, 0.717) is 35.1 Å². The van der Waals surface area contributed by atoms with E-state index in [1.165, 1.54) is 0 Å². The van der Waals surface area contributed by atoms with E-state index in [1.54, 1.807) is 38.5 Å². The number of benzene rings is 2. The summed E-state index contributed by atoms with van der Waals surface area (Å²) in [4.78, 5) is 23.6. The molecule has 0 fully saturated rings. The minimum absolute atomic E-state index is 0.340. The lowest BCUT2D eigenvalue weighted by Gasteiger charge is -2.10. The number of esters is 1. The first kappa shape index (κ1) is 19.6.